The van der Waals surface area contributed by atoms with E-state index in [4.69, 9.17) is 4.98 Å². The molecule has 2 aromatic heterocycles. The highest BCUT2D eigenvalue weighted by Crippen LogP contribution is 2.22. The van der Waals surface area contributed by atoms with E-state index in [0.717, 1.165) is 35.4 Å². The second kappa shape index (κ2) is 4.84. The number of rotatable bonds is 2. The Morgan fingerprint density at radius 3 is 2.89 bits per heavy atom. The first-order chi connectivity index (χ1) is 8.74. The number of pyridine rings is 1. The molecule has 94 valence electrons. The van der Waals surface area contributed by atoms with E-state index in [-0.39, 0.29) is 0 Å². The number of fused-ring (bicyclic) bond motifs is 1. The second-order valence-electron chi connectivity index (χ2n) is 4.81. The fourth-order valence-corrected chi connectivity index (χ4v) is 2.84. The molecule has 2 heterocycles. The van der Waals surface area contributed by atoms with Crippen LogP contribution in [0.1, 0.15) is 35.7 Å². The number of nitrogens with zero attached hydrogens (tertiary/aromatic N) is 3. The quantitative estimate of drug-likeness (QED) is 0.852. The Balaban J connectivity index is 1.92. The highest BCUT2D eigenvalue weighted by Gasteiger charge is 2.18. The van der Waals surface area contributed by atoms with Crippen LogP contribution in [-0.2, 0) is 19.4 Å². The minimum Gasteiger partial charge on any atom is -0.326 e. The van der Waals surface area contributed by atoms with E-state index < -0.39 is 0 Å². The van der Waals surface area contributed by atoms with Gasteiger partial charge in [0, 0.05) is 16.4 Å². The minimum atomic E-state index is 0.835. The van der Waals surface area contributed by atoms with Gasteiger partial charge in [0.05, 0.1) is 17.9 Å². The molecule has 0 unspecified atom stereocenters. The molecule has 0 atom stereocenters. The number of hydrogen-bond donors (Lipinski definition) is 0. The minimum absolute atomic E-state index is 0.835. The number of aromatic nitrogens is 3. The zero-order valence-corrected chi connectivity index (χ0v) is 12.1. The van der Waals surface area contributed by atoms with Gasteiger partial charge in [-0.2, -0.15) is 0 Å². The van der Waals surface area contributed by atoms with E-state index in [2.05, 4.69) is 38.5 Å². The van der Waals surface area contributed by atoms with Gasteiger partial charge in [-0.1, -0.05) is 0 Å². The third-order valence-corrected chi connectivity index (χ3v) is 4.00. The van der Waals surface area contributed by atoms with Crippen molar-refractivity contribution in [3.63, 3.8) is 0 Å². The monoisotopic (exact) mass is 305 g/mol. The molecule has 0 radical (unpaired) electrons. The zero-order chi connectivity index (χ0) is 12.5. The Labute approximate surface area is 115 Å². The number of hydrogen-bond acceptors (Lipinski definition) is 2. The summed E-state index contributed by atoms with van der Waals surface area (Å²) in [6, 6.07) is 4.11. The highest BCUT2D eigenvalue weighted by molar-refractivity contribution is 9.10. The predicted octanol–water partition coefficient (Wildman–Crippen LogP) is 3.28. The van der Waals surface area contributed by atoms with Gasteiger partial charge in [0.1, 0.15) is 5.82 Å². The lowest BCUT2D eigenvalue weighted by Crippen LogP contribution is -2.11. The van der Waals surface area contributed by atoms with Crippen molar-refractivity contribution in [3.05, 3.63) is 45.7 Å². The van der Waals surface area contributed by atoms with Crippen LogP contribution in [0.3, 0.4) is 0 Å². The average molecular weight is 306 g/mol. The van der Waals surface area contributed by atoms with Crippen LogP contribution in [0.4, 0.5) is 0 Å². The van der Waals surface area contributed by atoms with Gasteiger partial charge in [-0.05, 0) is 60.7 Å². The molecule has 0 saturated carbocycles. The van der Waals surface area contributed by atoms with Gasteiger partial charge in [0.25, 0.3) is 0 Å². The Morgan fingerprint density at radius 2 is 2.11 bits per heavy atom. The molecular weight excluding hydrogens is 290 g/mol. The number of aryl methyl sites for hydroxylation is 2. The molecule has 0 amide bonds. The van der Waals surface area contributed by atoms with E-state index >= 15 is 0 Å². The van der Waals surface area contributed by atoms with Crippen LogP contribution >= 0.6 is 15.9 Å². The summed E-state index contributed by atoms with van der Waals surface area (Å²) in [5.74, 6) is 1.12. The van der Waals surface area contributed by atoms with Crippen LogP contribution in [0.25, 0.3) is 0 Å². The van der Waals surface area contributed by atoms with Gasteiger partial charge >= 0.3 is 0 Å². The van der Waals surface area contributed by atoms with Gasteiger partial charge in [-0.15, -0.1) is 0 Å². The van der Waals surface area contributed by atoms with Crippen LogP contribution in [0.5, 0.6) is 0 Å². The van der Waals surface area contributed by atoms with Crippen molar-refractivity contribution in [1.82, 2.24) is 14.5 Å². The molecule has 0 aliphatic heterocycles. The van der Waals surface area contributed by atoms with Gasteiger partial charge in [0.15, 0.2) is 0 Å². The first-order valence-corrected chi connectivity index (χ1v) is 7.18. The summed E-state index contributed by atoms with van der Waals surface area (Å²) >= 11 is 3.42. The SMILES string of the molecule is Cc1nc2c(n1Cc1ccc(Br)cn1)CCCC2. The van der Waals surface area contributed by atoms with Crippen molar-refractivity contribution in [2.45, 2.75) is 39.2 Å². The predicted molar refractivity (Wildman–Crippen MR) is 74.6 cm³/mol. The average Bonchev–Trinajstić information content (AvgIpc) is 2.69. The summed E-state index contributed by atoms with van der Waals surface area (Å²) in [6.07, 6.45) is 6.71. The van der Waals surface area contributed by atoms with Crippen molar-refractivity contribution in [1.29, 1.82) is 0 Å². The van der Waals surface area contributed by atoms with E-state index in [1.54, 1.807) is 0 Å². The maximum atomic E-state index is 4.69. The first kappa shape index (κ1) is 11.9. The van der Waals surface area contributed by atoms with Crippen LogP contribution in [0, 0.1) is 6.92 Å². The molecule has 2 aromatic rings. The molecule has 4 heteroatoms. The second-order valence-corrected chi connectivity index (χ2v) is 5.73. The molecule has 0 aromatic carbocycles. The summed E-state index contributed by atoms with van der Waals surface area (Å²) in [4.78, 5) is 9.14. The van der Waals surface area contributed by atoms with Gasteiger partial charge in [0.2, 0.25) is 0 Å². The Morgan fingerprint density at radius 1 is 1.28 bits per heavy atom. The van der Waals surface area contributed by atoms with Crippen LogP contribution < -0.4 is 0 Å². The van der Waals surface area contributed by atoms with E-state index in [1.807, 2.05) is 12.3 Å². The standard InChI is InChI=1S/C14H16BrN3/c1-10-17-13-4-2-3-5-14(13)18(10)9-12-7-6-11(15)8-16-12/h6-8H,2-5,9H2,1H3. The van der Waals surface area contributed by atoms with E-state index in [9.17, 15) is 0 Å². The third kappa shape index (κ3) is 2.21. The maximum absolute atomic E-state index is 4.69. The highest BCUT2D eigenvalue weighted by atomic mass is 79.9. The van der Waals surface area contributed by atoms with Crippen molar-refractivity contribution < 1.29 is 0 Å². The molecule has 1 aliphatic carbocycles. The largest absolute Gasteiger partial charge is 0.326 e. The lowest BCUT2D eigenvalue weighted by Gasteiger charge is -2.14. The summed E-state index contributed by atoms with van der Waals surface area (Å²) in [7, 11) is 0. The Kier molecular flexibility index (Phi) is 3.20. The third-order valence-electron chi connectivity index (χ3n) is 3.53. The molecule has 3 nitrogen and oxygen atoms in total. The fourth-order valence-electron chi connectivity index (χ4n) is 2.61. The molecule has 0 N–H and O–H groups in total. The number of halogens is 1. The Hall–Kier alpha value is -1.16. The van der Waals surface area contributed by atoms with Crippen molar-refractivity contribution in [2.24, 2.45) is 0 Å². The molecule has 0 spiro atoms. The van der Waals surface area contributed by atoms with Gasteiger partial charge in [-0.3, -0.25) is 4.98 Å². The summed E-state index contributed by atoms with van der Waals surface area (Å²) in [6.45, 7) is 2.93. The van der Waals surface area contributed by atoms with E-state index in [1.165, 1.54) is 24.2 Å². The van der Waals surface area contributed by atoms with Crippen molar-refractivity contribution in [2.75, 3.05) is 0 Å². The smallest absolute Gasteiger partial charge is 0.106 e. The zero-order valence-electron chi connectivity index (χ0n) is 10.5. The molecule has 18 heavy (non-hydrogen) atoms. The number of imidazole rings is 1. The lowest BCUT2D eigenvalue weighted by molar-refractivity contribution is 0.620. The lowest BCUT2D eigenvalue weighted by atomic mass is 10.0. The normalized spacial score (nSPS) is 14.6. The molecule has 0 fully saturated rings. The molecule has 3 rings (SSSR count). The van der Waals surface area contributed by atoms with Crippen LogP contribution in [0.15, 0.2) is 22.8 Å². The van der Waals surface area contributed by atoms with Crippen molar-refractivity contribution in [3.8, 4) is 0 Å². The first-order valence-electron chi connectivity index (χ1n) is 6.39. The van der Waals surface area contributed by atoms with Crippen molar-refractivity contribution >= 4 is 15.9 Å². The molecule has 0 bridgehead atoms. The summed E-state index contributed by atoms with van der Waals surface area (Å²) in [5, 5.41) is 0. The Bertz CT molecular complexity index is 557. The van der Waals surface area contributed by atoms with Gasteiger partial charge < -0.3 is 4.57 Å². The van der Waals surface area contributed by atoms with Crippen LogP contribution in [0.2, 0.25) is 0 Å². The fraction of sp³-hybridized carbons (Fsp3) is 0.429. The summed E-state index contributed by atoms with van der Waals surface area (Å²) in [5.41, 5.74) is 3.81. The molecular formula is C14H16BrN3. The topological polar surface area (TPSA) is 30.7 Å². The van der Waals surface area contributed by atoms with Gasteiger partial charge in [-0.25, -0.2) is 4.98 Å². The molecule has 0 saturated heterocycles. The van der Waals surface area contributed by atoms with Crippen LogP contribution in [-0.4, -0.2) is 14.5 Å². The summed E-state index contributed by atoms with van der Waals surface area (Å²) < 4.78 is 3.35. The van der Waals surface area contributed by atoms with E-state index in [0.29, 0.717) is 0 Å². The molecule has 1 aliphatic rings. The maximum Gasteiger partial charge on any atom is 0.106 e.